The number of allylic oxidation sites excluding steroid dienone is 1. The number of rotatable bonds is 3. The molecule has 0 radical (unpaired) electrons. The Morgan fingerprint density at radius 3 is 2.89 bits per heavy atom. The highest BCUT2D eigenvalue weighted by Crippen LogP contribution is 1.68. The van der Waals surface area contributed by atoms with Gasteiger partial charge in [0.05, 0.1) is 0 Å². The number of hydrogen-bond donors (Lipinski definition) is 2. The molecule has 0 aromatic carbocycles. The molecule has 0 aromatic heterocycles. The van der Waals surface area contributed by atoms with Gasteiger partial charge in [-0.2, -0.15) is 0 Å². The van der Waals surface area contributed by atoms with E-state index in [-0.39, 0.29) is 5.91 Å². The van der Waals surface area contributed by atoms with Crippen molar-refractivity contribution in [3.05, 3.63) is 12.2 Å². The number of nitrogens with one attached hydrogen (secondary N) is 1. The fraction of sp³-hybridized carbons (Fsp3) is 0.500. The second kappa shape index (κ2) is 5.31. The fourth-order valence-electron chi connectivity index (χ4n) is 0.406. The number of nitrogens with two attached hydrogens (primary N) is 1. The third kappa shape index (κ3) is 5.03. The van der Waals surface area contributed by atoms with E-state index < -0.39 is 0 Å². The van der Waals surface area contributed by atoms with Gasteiger partial charge in [0, 0.05) is 13.1 Å². The van der Waals surface area contributed by atoms with E-state index in [0.717, 1.165) is 0 Å². The standard InChI is InChI=1S/C6H12N2O/c1-2-3-6(9)8-5-4-7/h2-3H,4-5,7H2,1H3,(H,8,9)/b3-2+. The van der Waals surface area contributed by atoms with Crippen LogP contribution in [-0.4, -0.2) is 19.0 Å². The first-order valence-corrected chi connectivity index (χ1v) is 2.92. The summed E-state index contributed by atoms with van der Waals surface area (Å²) >= 11 is 0. The van der Waals surface area contributed by atoms with Crippen LogP contribution in [0.4, 0.5) is 0 Å². The molecule has 0 aromatic rings. The van der Waals surface area contributed by atoms with Crippen LogP contribution in [0.1, 0.15) is 6.92 Å². The number of amides is 1. The van der Waals surface area contributed by atoms with E-state index in [0.29, 0.717) is 13.1 Å². The highest BCUT2D eigenvalue weighted by Gasteiger charge is 1.88. The third-order valence-corrected chi connectivity index (χ3v) is 0.762. The molecule has 0 bridgehead atoms. The first kappa shape index (κ1) is 8.17. The van der Waals surface area contributed by atoms with Crippen molar-refractivity contribution in [1.29, 1.82) is 0 Å². The van der Waals surface area contributed by atoms with Gasteiger partial charge in [-0.15, -0.1) is 0 Å². The Morgan fingerprint density at radius 2 is 2.44 bits per heavy atom. The van der Waals surface area contributed by atoms with Crippen molar-refractivity contribution in [1.82, 2.24) is 5.32 Å². The lowest BCUT2D eigenvalue weighted by Gasteiger charge is -1.95. The number of hydrogen-bond acceptors (Lipinski definition) is 2. The lowest BCUT2D eigenvalue weighted by atomic mass is 10.5. The van der Waals surface area contributed by atoms with Gasteiger partial charge in [0.25, 0.3) is 0 Å². The predicted octanol–water partition coefficient (Wildman–Crippen LogP) is -0.363. The molecule has 0 aliphatic carbocycles. The molecule has 0 atom stereocenters. The molecule has 3 heteroatoms. The molecule has 0 saturated heterocycles. The molecular weight excluding hydrogens is 116 g/mol. The van der Waals surface area contributed by atoms with Gasteiger partial charge in [-0.25, -0.2) is 0 Å². The zero-order valence-corrected chi connectivity index (χ0v) is 5.55. The van der Waals surface area contributed by atoms with Gasteiger partial charge in [0.15, 0.2) is 0 Å². The lowest BCUT2D eigenvalue weighted by molar-refractivity contribution is -0.116. The van der Waals surface area contributed by atoms with Crippen LogP contribution >= 0.6 is 0 Å². The lowest BCUT2D eigenvalue weighted by Crippen LogP contribution is -2.27. The summed E-state index contributed by atoms with van der Waals surface area (Å²) in [5, 5.41) is 2.58. The van der Waals surface area contributed by atoms with Gasteiger partial charge in [-0.05, 0) is 13.0 Å². The van der Waals surface area contributed by atoms with Crippen LogP contribution in [-0.2, 0) is 4.79 Å². The van der Waals surface area contributed by atoms with E-state index in [1.165, 1.54) is 6.08 Å². The molecule has 0 heterocycles. The Labute approximate surface area is 54.9 Å². The maximum absolute atomic E-state index is 10.5. The van der Waals surface area contributed by atoms with Gasteiger partial charge in [-0.3, -0.25) is 4.79 Å². The monoisotopic (exact) mass is 128 g/mol. The minimum atomic E-state index is -0.0806. The van der Waals surface area contributed by atoms with E-state index in [1.807, 2.05) is 0 Å². The smallest absolute Gasteiger partial charge is 0.243 e. The highest BCUT2D eigenvalue weighted by atomic mass is 16.1. The van der Waals surface area contributed by atoms with Crippen molar-refractivity contribution < 1.29 is 4.79 Å². The molecule has 3 N–H and O–H groups in total. The van der Waals surface area contributed by atoms with E-state index in [2.05, 4.69) is 5.32 Å². The van der Waals surface area contributed by atoms with Crippen molar-refractivity contribution in [3.63, 3.8) is 0 Å². The summed E-state index contributed by atoms with van der Waals surface area (Å²) in [5.74, 6) is -0.0806. The van der Waals surface area contributed by atoms with Crippen molar-refractivity contribution in [2.45, 2.75) is 6.92 Å². The van der Waals surface area contributed by atoms with Crippen LogP contribution < -0.4 is 11.1 Å². The summed E-state index contributed by atoms with van der Waals surface area (Å²) in [7, 11) is 0. The molecule has 9 heavy (non-hydrogen) atoms. The van der Waals surface area contributed by atoms with E-state index in [9.17, 15) is 4.79 Å². The minimum absolute atomic E-state index is 0.0806. The van der Waals surface area contributed by atoms with Crippen LogP contribution in [0.2, 0.25) is 0 Å². The molecule has 52 valence electrons. The Morgan fingerprint density at radius 1 is 1.78 bits per heavy atom. The third-order valence-electron chi connectivity index (χ3n) is 0.762. The molecule has 3 nitrogen and oxygen atoms in total. The zero-order valence-electron chi connectivity index (χ0n) is 5.55. The van der Waals surface area contributed by atoms with Crippen molar-refractivity contribution in [2.75, 3.05) is 13.1 Å². The quantitative estimate of drug-likeness (QED) is 0.510. The Bertz CT molecular complexity index is 110. The largest absolute Gasteiger partial charge is 0.351 e. The van der Waals surface area contributed by atoms with Gasteiger partial charge in [-0.1, -0.05) is 6.08 Å². The van der Waals surface area contributed by atoms with Gasteiger partial charge in [0.2, 0.25) is 5.91 Å². The Hall–Kier alpha value is -0.830. The minimum Gasteiger partial charge on any atom is -0.351 e. The maximum atomic E-state index is 10.5. The first-order valence-electron chi connectivity index (χ1n) is 2.92. The molecule has 1 amide bonds. The topological polar surface area (TPSA) is 55.1 Å². The molecule has 0 spiro atoms. The molecule has 0 unspecified atom stereocenters. The SMILES string of the molecule is C/C=C/C(=O)NCCN. The summed E-state index contributed by atoms with van der Waals surface area (Å²) < 4.78 is 0. The average Bonchev–Trinajstić information content (AvgIpc) is 1.85. The van der Waals surface area contributed by atoms with E-state index >= 15 is 0 Å². The normalized spacial score (nSPS) is 10.0. The van der Waals surface area contributed by atoms with Crippen LogP contribution in [0.15, 0.2) is 12.2 Å². The summed E-state index contributed by atoms with van der Waals surface area (Å²) in [6.45, 7) is 2.83. The Kier molecular flexibility index (Phi) is 4.82. The second-order valence-corrected chi connectivity index (χ2v) is 1.58. The molecule has 0 saturated carbocycles. The first-order chi connectivity index (χ1) is 4.31. The highest BCUT2D eigenvalue weighted by molar-refractivity contribution is 5.87. The molecule has 0 aliphatic rings. The maximum Gasteiger partial charge on any atom is 0.243 e. The molecule has 0 fully saturated rings. The van der Waals surface area contributed by atoms with E-state index in [1.54, 1.807) is 13.0 Å². The number of carbonyl (C=O) groups is 1. The molecule has 0 rings (SSSR count). The number of carbonyl (C=O) groups excluding carboxylic acids is 1. The van der Waals surface area contributed by atoms with Crippen LogP contribution in [0.25, 0.3) is 0 Å². The van der Waals surface area contributed by atoms with Crippen molar-refractivity contribution in [3.8, 4) is 0 Å². The van der Waals surface area contributed by atoms with E-state index in [4.69, 9.17) is 5.73 Å². The summed E-state index contributed by atoms with van der Waals surface area (Å²) in [6.07, 6.45) is 3.15. The summed E-state index contributed by atoms with van der Waals surface area (Å²) in [5.41, 5.74) is 5.13. The predicted molar refractivity (Wildman–Crippen MR) is 36.9 cm³/mol. The summed E-state index contributed by atoms with van der Waals surface area (Å²) in [6, 6.07) is 0. The van der Waals surface area contributed by atoms with Gasteiger partial charge >= 0.3 is 0 Å². The van der Waals surface area contributed by atoms with Crippen molar-refractivity contribution in [2.24, 2.45) is 5.73 Å². The average molecular weight is 128 g/mol. The molecular formula is C6H12N2O. The van der Waals surface area contributed by atoms with Gasteiger partial charge in [0.1, 0.15) is 0 Å². The van der Waals surface area contributed by atoms with Gasteiger partial charge < -0.3 is 11.1 Å². The second-order valence-electron chi connectivity index (χ2n) is 1.58. The zero-order chi connectivity index (χ0) is 7.11. The molecule has 0 aliphatic heterocycles. The van der Waals surface area contributed by atoms with Crippen LogP contribution in [0, 0.1) is 0 Å². The fourth-order valence-corrected chi connectivity index (χ4v) is 0.406. The Balaban J connectivity index is 3.27. The van der Waals surface area contributed by atoms with Crippen LogP contribution in [0.3, 0.4) is 0 Å². The van der Waals surface area contributed by atoms with Crippen LogP contribution in [0.5, 0.6) is 0 Å². The summed E-state index contributed by atoms with van der Waals surface area (Å²) in [4.78, 5) is 10.5. The van der Waals surface area contributed by atoms with Crippen molar-refractivity contribution >= 4 is 5.91 Å².